The number of halogens is 2. The average Bonchev–Trinajstić information content (AvgIpc) is 2.09. The third-order valence-corrected chi connectivity index (χ3v) is 1.64. The zero-order valence-electron chi connectivity index (χ0n) is 7.31. The Morgan fingerprint density at radius 2 is 2.08 bits per heavy atom. The maximum atomic E-state index is 12.9. The summed E-state index contributed by atoms with van der Waals surface area (Å²) in [5.74, 6) is -1.04. The van der Waals surface area contributed by atoms with Crippen molar-refractivity contribution >= 4 is 0 Å². The van der Waals surface area contributed by atoms with E-state index in [-0.39, 0.29) is 12.4 Å². The van der Waals surface area contributed by atoms with Gasteiger partial charge in [-0.15, -0.1) is 0 Å². The maximum Gasteiger partial charge on any atom is 0.132 e. The Bertz CT molecular complexity index is 302. The highest BCUT2D eigenvalue weighted by molar-refractivity contribution is 5.34. The molecular weight excluding hydrogens is 176 g/mol. The summed E-state index contributed by atoms with van der Waals surface area (Å²) < 4.78 is 30.6. The van der Waals surface area contributed by atoms with Crippen LogP contribution in [0.2, 0.25) is 0 Å². The first-order chi connectivity index (χ1) is 6.15. The first-order valence-corrected chi connectivity index (χ1v) is 3.93. The lowest BCUT2D eigenvalue weighted by Crippen LogP contribution is -2.11. The van der Waals surface area contributed by atoms with E-state index in [1.165, 1.54) is 6.92 Å². The van der Waals surface area contributed by atoms with Crippen LogP contribution in [0.1, 0.15) is 5.56 Å². The molecule has 0 radical (unpaired) electrons. The molecule has 2 N–H and O–H groups in total. The molecule has 1 aromatic carbocycles. The van der Waals surface area contributed by atoms with Gasteiger partial charge in [0.05, 0.1) is 0 Å². The molecule has 0 bridgehead atoms. The van der Waals surface area contributed by atoms with Gasteiger partial charge in [-0.1, -0.05) is 0 Å². The van der Waals surface area contributed by atoms with Crippen LogP contribution in [0.25, 0.3) is 0 Å². The molecule has 0 unspecified atom stereocenters. The van der Waals surface area contributed by atoms with E-state index in [0.717, 1.165) is 12.1 Å². The lowest BCUT2D eigenvalue weighted by Gasteiger charge is -2.08. The molecule has 0 aliphatic carbocycles. The van der Waals surface area contributed by atoms with E-state index in [2.05, 4.69) is 0 Å². The van der Waals surface area contributed by atoms with Crippen LogP contribution in [0.15, 0.2) is 12.1 Å². The summed E-state index contributed by atoms with van der Waals surface area (Å²) in [7, 11) is 0. The van der Waals surface area contributed by atoms with E-state index in [1.807, 2.05) is 0 Å². The smallest absolute Gasteiger partial charge is 0.132 e. The van der Waals surface area contributed by atoms with Gasteiger partial charge in [-0.2, -0.15) is 0 Å². The molecule has 0 amide bonds. The lowest BCUT2D eigenvalue weighted by atomic mass is 10.2. The first-order valence-electron chi connectivity index (χ1n) is 3.93. The molecule has 0 aromatic heterocycles. The zero-order chi connectivity index (χ0) is 9.84. The quantitative estimate of drug-likeness (QED) is 0.780. The van der Waals surface area contributed by atoms with E-state index < -0.39 is 11.6 Å². The van der Waals surface area contributed by atoms with Crippen molar-refractivity contribution in [3.8, 4) is 5.75 Å². The van der Waals surface area contributed by atoms with Crippen LogP contribution in [0.5, 0.6) is 5.75 Å². The van der Waals surface area contributed by atoms with Gasteiger partial charge in [0, 0.05) is 24.2 Å². The molecule has 0 heterocycles. The van der Waals surface area contributed by atoms with Crippen molar-refractivity contribution in [3.63, 3.8) is 0 Å². The summed E-state index contributed by atoms with van der Waals surface area (Å²) >= 11 is 0. The van der Waals surface area contributed by atoms with Crippen LogP contribution in [-0.4, -0.2) is 13.2 Å². The van der Waals surface area contributed by atoms with Gasteiger partial charge in [-0.3, -0.25) is 0 Å². The number of nitrogens with two attached hydrogens (primary N) is 1. The fourth-order valence-electron chi connectivity index (χ4n) is 0.941. The second-order valence-corrected chi connectivity index (χ2v) is 2.65. The predicted molar refractivity (Wildman–Crippen MR) is 45.6 cm³/mol. The Morgan fingerprint density at radius 3 is 2.69 bits per heavy atom. The van der Waals surface area contributed by atoms with E-state index >= 15 is 0 Å². The summed E-state index contributed by atoms with van der Waals surface area (Å²) in [6.07, 6.45) is 0. The average molecular weight is 187 g/mol. The molecule has 72 valence electrons. The van der Waals surface area contributed by atoms with Crippen molar-refractivity contribution in [3.05, 3.63) is 29.3 Å². The largest absolute Gasteiger partial charge is 0.492 e. The zero-order valence-corrected chi connectivity index (χ0v) is 7.31. The molecule has 13 heavy (non-hydrogen) atoms. The Kier molecular flexibility index (Phi) is 3.19. The van der Waals surface area contributed by atoms with Crippen LogP contribution < -0.4 is 10.5 Å². The van der Waals surface area contributed by atoms with Crippen molar-refractivity contribution < 1.29 is 13.5 Å². The van der Waals surface area contributed by atoms with Gasteiger partial charge in [-0.25, -0.2) is 8.78 Å². The molecule has 0 spiro atoms. The van der Waals surface area contributed by atoms with Crippen molar-refractivity contribution in [1.29, 1.82) is 0 Å². The molecule has 0 aliphatic rings. The molecule has 0 aliphatic heterocycles. The van der Waals surface area contributed by atoms with E-state index in [4.69, 9.17) is 10.5 Å². The van der Waals surface area contributed by atoms with Crippen LogP contribution in [0.3, 0.4) is 0 Å². The highest BCUT2D eigenvalue weighted by atomic mass is 19.1. The molecule has 0 saturated carbocycles. The van der Waals surface area contributed by atoms with Crippen molar-refractivity contribution in [2.24, 2.45) is 5.73 Å². The van der Waals surface area contributed by atoms with Gasteiger partial charge in [0.15, 0.2) is 0 Å². The predicted octanol–water partition coefficient (Wildman–Crippen LogP) is 1.61. The Labute approximate surface area is 75.3 Å². The fourth-order valence-corrected chi connectivity index (χ4v) is 0.941. The fraction of sp³-hybridized carbons (Fsp3) is 0.333. The van der Waals surface area contributed by atoms with Crippen molar-refractivity contribution in [2.75, 3.05) is 13.2 Å². The summed E-state index contributed by atoms with van der Waals surface area (Å²) in [5.41, 5.74) is 5.49. The van der Waals surface area contributed by atoms with Crippen molar-refractivity contribution in [2.45, 2.75) is 6.92 Å². The maximum absolute atomic E-state index is 12.9. The molecule has 0 saturated heterocycles. The van der Waals surface area contributed by atoms with Gasteiger partial charge >= 0.3 is 0 Å². The second-order valence-electron chi connectivity index (χ2n) is 2.65. The number of rotatable bonds is 3. The number of ether oxygens (including phenoxy) is 1. The van der Waals surface area contributed by atoms with E-state index in [9.17, 15) is 8.78 Å². The van der Waals surface area contributed by atoms with Gasteiger partial charge in [-0.05, 0) is 6.92 Å². The van der Waals surface area contributed by atoms with E-state index in [0.29, 0.717) is 12.1 Å². The number of hydrogen-bond acceptors (Lipinski definition) is 2. The van der Waals surface area contributed by atoms with Gasteiger partial charge in [0.2, 0.25) is 0 Å². The molecule has 2 nitrogen and oxygen atoms in total. The summed E-state index contributed by atoms with van der Waals surface area (Å²) in [6.45, 7) is 2.10. The Morgan fingerprint density at radius 1 is 1.38 bits per heavy atom. The first kappa shape index (κ1) is 9.92. The van der Waals surface area contributed by atoms with Crippen LogP contribution in [0.4, 0.5) is 8.78 Å². The Hall–Kier alpha value is -1.16. The minimum Gasteiger partial charge on any atom is -0.492 e. The Balaban J connectivity index is 2.92. The number of benzene rings is 1. The SMILES string of the molecule is Cc1c(F)cc(F)cc1OCCN. The molecular formula is C9H11F2NO. The summed E-state index contributed by atoms with van der Waals surface area (Å²) in [4.78, 5) is 0. The molecule has 0 atom stereocenters. The van der Waals surface area contributed by atoms with Crippen LogP contribution >= 0.6 is 0 Å². The second kappa shape index (κ2) is 4.18. The van der Waals surface area contributed by atoms with Gasteiger partial charge in [0.1, 0.15) is 24.0 Å². The van der Waals surface area contributed by atoms with Crippen LogP contribution in [-0.2, 0) is 0 Å². The number of hydrogen-bond donors (Lipinski definition) is 1. The normalized spacial score (nSPS) is 10.2. The highest BCUT2D eigenvalue weighted by Crippen LogP contribution is 2.21. The van der Waals surface area contributed by atoms with Crippen molar-refractivity contribution in [1.82, 2.24) is 0 Å². The molecule has 1 rings (SSSR count). The molecule has 4 heteroatoms. The van der Waals surface area contributed by atoms with Crippen LogP contribution in [0, 0.1) is 18.6 Å². The third kappa shape index (κ3) is 2.39. The minimum atomic E-state index is -0.643. The monoisotopic (exact) mass is 187 g/mol. The van der Waals surface area contributed by atoms with E-state index in [1.54, 1.807) is 0 Å². The topological polar surface area (TPSA) is 35.2 Å². The lowest BCUT2D eigenvalue weighted by molar-refractivity contribution is 0.321. The minimum absolute atomic E-state index is 0.211. The van der Waals surface area contributed by atoms with Gasteiger partial charge in [0.25, 0.3) is 0 Å². The molecule has 0 fully saturated rings. The highest BCUT2D eigenvalue weighted by Gasteiger charge is 2.07. The third-order valence-electron chi connectivity index (χ3n) is 1.64. The molecule has 1 aromatic rings. The summed E-state index contributed by atoms with van der Waals surface area (Å²) in [6, 6.07) is 1.97. The summed E-state index contributed by atoms with van der Waals surface area (Å²) in [5, 5.41) is 0. The van der Waals surface area contributed by atoms with Gasteiger partial charge < -0.3 is 10.5 Å². The standard InChI is InChI=1S/C9H11F2NO/c1-6-8(11)4-7(10)5-9(6)13-3-2-12/h4-5H,2-3,12H2,1H3.